The van der Waals surface area contributed by atoms with E-state index in [2.05, 4.69) is 57.7 Å². The molecule has 2 unspecified atom stereocenters. The normalized spacial score (nSPS) is 32.5. The quantitative estimate of drug-likeness (QED) is 0.571. The van der Waals surface area contributed by atoms with Crippen LogP contribution >= 0.6 is 0 Å². The van der Waals surface area contributed by atoms with Crippen LogP contribution in [0.15, 0.2) is 37.0 Å². The zero-order chi connectivity index (χ0) is 9.90. The first-order valence-electron chi connectivity index (χ1n) is 5.08. The highest BCUT2D eigenvalue weighted by molar-refractivity contribution is 5.23. The summed E-state index contributed by atoms with van der Waals surface area (Å²) in [5, 5.41) is 0. The Morgan fingerprint density at radius 1 is 1.46 bits per heavy atom. The van der Waals surface area contributed by atoms with Crippen LogP contribution in [0.5, 0.6) is 0 Å². The van der Waals surface area contributed by atoms with Crippen LogP contribution < -0.4 is 0 Å². The Morgan fingerprint density at radius 2 is 2.15 bits per heavy atom. The van der Waals surface area contributed by atoms with Crippen LogP contribution in [-0.4, -0.2) is 0 Å². The Bertz CT molecular complexity index is 232. The molecule has 0 heterocycles. The number of hydrogen-bond acceptors (Lipinski definition) is 0. The monoisotopic (exact) mass is 176 g/mol. The van der Waals surface area contributed by atoms with Crippen molar-refractivity contribution in [1.29, 1.82) is 0 Å². The van der Waals surface area contributed by atoms with Gasteiger partial charge in [0, 0.05) is 5.41 Å². The average Bonchev–Trinajstić information content (AvgIpc) is 2.09. The standard InChI is InChI=1S/C13H20/c1-5-13(4)9-7-6-8-12(13)10-11(2)3/h5-9,11-12H,1,10H2,2-4H3. The van der Waals surface area contributed by atoms with Gasteiger partial charge in [0.1, 0.15) is 0 Å². The Hall–Kier alpha value is -0.780. The summed E-state index contributed by atoms with van der Waals surface area (Å²) in [5.74, 6) is 1.37. The van der Waals surface area contributed by atoms with Gasteiger partial charge in [-0.2, -0.15) is 0 Å². The zero-order valence-electron chi connectivity index (χ0n) is 8.96. The van der Waals surface area contributed by atoms with Crippen LogP contribution in [0.4, 0.5) is 0 Å². The molecule has 0 nitrogen and oxygen atoms in total. The summed E-state index contributed by atoms with van der Waals surface area (Å²) in [6.07, 6.45) is 12.1. The Balaban J connectivity index is 2.76. The van der Waals surface area contributed by atoms with Crippen molar-refractivity contribution in [3.05, 3.63) is 37.0 Å². The largest absolute Gasteiger partial charge is 0.102 e. The van der Waals surface area contributed by atoms with E-state index in [-0.39, 0.29) is 5.41 Å². The predicted molar refractivity (Wildman–Crippen MR) is 59.5 cm³/mol. The molecule has 0 fully saturated rings. The van der Waals surface area contributed by atoms with Gasteiger partial charge < -0.3 is 0 Å². The second kappa shape index (κ2) is 3.95. The molecule has 0 aromatic heterocycles. The van der Waals surface area contributed by atoms with Crippen molar-refractivity contribution in [1.82, 2.24) is 0 Å². The van der Waals surface area contributed by atoms with Crippen molar-refractivity contribution < 1.29 is 0 Å². The average molecular weight is 176 g/mol. The molecule has 0 aromatic rings. The van der Waals surface area contributed by atoms with Crippen molar-refractivity contribution in [3.8, 4) is 0 Å². The molecule has 1 aliphatic rings. The highest BCUT2D eigenvalue weighted by atomic mass is 14.3. The Kier molecular flexibility index (Phi) is 3.13. The van der Waals surface area contributed by atoms with Gasteiger partial charge >= 0.3 is 0 Å². The molecular weight excluding hydrogens is 156 g/mol. The second-order valence-corrected chi connectivity index (χ2v) is 4.55. The first kappa shape index (κ1) is 10.3. The van der Waals surface area contributed by atoms with E-state index in [0.29, 0.717) is 5.92 Å². The number of allylic oxidation sites excluding steroid dienone is 5. The van der Waals surface area contributed by atoms with E-state index < -0.39 is 0 Å². The zero-order valence-corrected chi connectivity index (χ0v) is 8.96. The van der Waals surface area contributed by atoms with Crippen molar-refractivity contribution in [2.75, 3.05) is 0 Å². The maximum atomic E-state index is 3.93. The predicted octanol–water partition coefficient (Wildman–Crippen LogP) is 3.97. The summed E-state index contributed by atoms with van der Waals surface area (Å²) in [5.41, 5.74) is 0.166. The number of hydrogen-bond donors (Lipinski definition) is 0. The van der Waals surface area contributed by atoms with Crippen LogP contribution in [0.2, 0.25) is 0 Å². The lowest BCUT2D eigenvalue weighted by Crippen LogP contribution is -2.24. The van der Waals surface area contributed by atoms with E-state index in [9.17, 15) is 0 Å². The molecule has 72 valence electrons. The third-order valence-corrected chi connectivity index (χ3v) is 2.87. The van der Waals surface area contributed by atoms with E-state index in [1.807, 2.05) is 0 Å². The summed E-state index contributed by atoms with van der Waals surface area (Å²) >= 11 is 0. The van der Waals surface area contributed by atoms with E-state index in [1.54, 1.807) is 0 Å². The van der Waals surface area contributed by atoms with E-state index in [4.69, 9.17) is 0 Å². The molecule has 1 rings (SSSR count). The summed E-state index contributed by atoms with van der Waals surface area (Å²) in [6, 6.07) is 0. The van der Waals surface area contributed by atoms with Crippen LogP contribution in [0.1, 0.15) is 27.2 Å². The minimum atomic E-state index is 0.166. The molecule has 0 aliphatic heterocycles. The lowest BCUT2D eigenvalue weighted by Gasteiger charge is -2.33. The molecule has 0 saturated carbocycles. The Morgan fingerprint density at radius 3 is 2.69 bits per heavy atom. The van der Waals surface area contributed by atoms with E-state index >= 15 is 0 Å². The molecule has 0 saturated heterocycles. The maximum absolute atomic E-state index is 3.93. The van der Waals surface area contributed by atoms with Gasteiger partial charge in [0.2, 0.25) is 0 Å². The van der Waals surface area contributed by atoms with Gasteiger partial charge in [0.05, 0.1) is 0 Å². The van der Waals surface area contributed by atoms with Crippen LogP contribution in [0, 0.1) is 17.3 Å². The fourth-order valence-electron chi connectivity index (χ4n) is 1.85. The third-order valence-electron chi connectivity index (χ3n) is 2.87. The molecule has 0 radical (unpaired) electrons. The first-order chi connectivity index (χ1) is 6.08. The van der Waals surface area contributed by atoms with Gasteiger partial charge in [-0.25, -0.2) is 0 Å². The van der Waals surface area contributed by atoms with Gasteiger partial charge in [-0.05, 0) is 18.3 Å². The van der Waals surface area contributed by atoms with Crippen molar-refractivity contribution >= 4 is 0 Å². The topological polar surface area (TPSA) is 0 Å². The lowest BCUT2D eigenvalue weighted by atomic mass is 9.71. The highest BCUT2D eigenvalue weighted by Crippen LogP contribution is 2.37. The molecule has 13 heavy (non-hydrogen) atoms. The summed E-state index contributed by atoms with van der Waals surface area (Å²) in [7, 11) is 0. The minimum Gasteiger partial charge on any atom is -0.102 e. The van der Waals surface area contributed by atoms with Crippen LogP contribution in [0.25, 0.3) is 0 Å². The maximum Gasteiger partial charge on any atom is 0.00960 e. The molecule has 0 spiro atoms. The molecule has 0 heteroatoms. The van der Waals surface area contributed by atoms with Gasteiger partial charge in [-0.1, -0.05) is 51.2 Å². The van der Waals surface area contributed by atoms with Crippen molar-refractivity contribution in [2.24, 2.45) is 17.3 Å². The minimum absolute atomic E-state index is 0.166. The fraction of sp³-hybridized carbons (Fsp3) is 0.538. The summed E-state index contributed by atoms with van der Waals surface area (Å²) in [6.45, 7) is 10.7. The van der Waals surface area contributed by atoms with Gasteiger partial charge in [0.25, 0.3) is 0 Å². The SMILES string of the molecule is C=CC1(C)C=CC=CC1CC(C)C. The van der Waals surface area contributed by atoms with Gasteiger partial charge in [-0.15, -0.1) is 6.58 Å². The Labute approximate surface area is 82.0 Å². The van der Waals surface area contributed by atoms with Crippen molar-refractivity contribution in [3.63, 3.8) is 0 Å². The van der Waals surface area contributed by atoms with E-state index in [1.165, 1.54) is 6.42 Å². The van der Waals surface area contributed by atoms with Gasteiger partial charge in [-0.3, -0.25) is 0 Å². The summed E-state index contributed by atoms with van der Waals surface area (Å²) < 4.78 is 0. The molecular formula is C13H20. The smallest absolute Gasteiger partial charge is 0.00960 e. The van der Waals surface area contributed by atoms with Crippen molar-refractivity contribution in [2.45, 2.75) is 27.2 Å². The second-order valence-electron chi connectivity index (χ2n) is 4.55. The fourth-order valence-corrected chi connectivity index (χ4v) is 1.85. The molecule has 2 atom stereocenters. The van der Waals surface area contributed by atoms with Crippen LogP contribution in [0.3, 0.4) is 0 Å². The molecule has 0 amide bonds. The molecule has 0 N–H and O–H groups in total. The number of rotatable bonds is 3. The summed E-state index contributed by atoms with van der Waals surface area (Å²) in [4.78, 5) is 0. The first-order valence-corrected chi connectivity index (χ1v) is 5.08. The molecule has 1 aliphatic carbocycles. The molecule has 0 aromatic carbocycles. The van der Waals surface area contributed by atoms with Crippen LogP contribution in [-0.2, 0) is 0 Å². The molecule has 0 bridgehead atoms. The van der Waals surface area contributed by atoms with Gasteiger partial charge in [0.15, 0.2) is 0 Å². The highest BCUT2D eigenvalue weighted by Gasteiger charge is 2.28. The van der Waals surface area contributed by atoms with E-state index in [0.717, 1.165) is 5.92 Å². The lowest BCUT2D eigenvalue weighted by molar-refractivity contribution is 0.327. The third kappa shape index (κ3) is 2.33.